The van der Waals surface area contributed by atoms with Crippen LogP contribution in [0.4, 0.5) is 17.7 Å². The molecule has 136 valence electrons. The maximum atomic E-state index is 4.81. The Bertz CT molecular complexity index is 864. The largest absolute Gasteiger partial charge is 0.362 e. The summed E-state index contributed by atoms with van der Waals surface area (Å²) in [6.45, 7) is 3.42. The van der Waals surface area contributed by atoms with Crippen LogP contribution in [0.25, 0.3) is 10.9 Å². The summed E-state index contributed by atoms with van der Waals surface area (Å²) in [5.41, 5.74) is 0.977. The van der Waals surface area contributed by atoms with Crippen molar-refractivity contribution in [3.63, 3.8) is 0 Å². The van der Waals surface area contributed by atoms with Crippen LogP contribution >= 0.6 is 12.4 Å². The molecule has 8 heteroatoms. The van der Waals surface area contributed by atoms with Gasteiger partial charge in [0.2, 0.25) is 11.9 Å². The average Bonchev–Trinajstić information content (AvgIpc) is 2.68. The molecule has 1 saturated heterocycles. The lowest BCUT2D eigenvalue weighted by molar-refractivity contribution is 0.629. The van der Waals surface area contributed by atoms with Crippen LogP contribution in [-0.4, -0.2) is 60.2 Å². The minimum Gasteiger partial charge on any atom is -0.362 e. The molecule has 0 spiro atoms. The number of fused-ring (bicyclic) bond motifs is 1. The lowest BCUT2D eigenvalue weighted by atomic mass is 10.2. The molecule has 0 amide bonds. The van der Waals surface area contributed by atoms with E-state index in [9.17, 15) is 0 Å². The van der Waals surface area contributed by atoms with Crippen molar-refractivity contribution in [3.05, 3.63) is 42.7 Å². The van der Waals surface area contributed by atoms with E-state index in [1.165, 1.54) is 0 Å². The van der Waals surface area contributed by atoms with Gasteiger partial charge in [0.1, 0.15) is 5.82 Å². The van der Waals surface area contributed by atoms with E-state index in [0.717, 1.165) is 54.8 Å². The van der Waals surface area contributed by atoms with Crippen LogP contribution in [0, 0.1) is 0 Å². The zero-order valence-electron chi connectivity index (χ0n) is 14.9. The van der Waals surface area contributed by atoms with Crippen molar-refractivity contribution in [2.24, 2.45) is 0 Å². The Kier molecular flexibility index (Phi) is 5.37. The minimum atomic E-state index is 0. The third-order valence-corrected chi connectivity index (χ3v) is 4.39. The van der Waals surface area contributed by atoms with Gasteiger partial charge in [-0.25, -0.2) is 15.0 Å². The molecule has 0 N–H and O–H groups in total. The predicted molar refractivity (Wildman–Crippen MR) is 108 cm³/mol. The highest BCUT2D eigenvalue weighted by atomic mass is 35.5. The second-order valence-corrected chi connectivity index (χ2v) is 6.28. The van der Waals surface area contributed by atoms with Crippen molar-refractivity contribution >= 4 is 41.0 Å². The molecule has 1 aliphatic rings. The molecule has 0 atom stereocenters. The third kappa shape index (κ3) is 3.48. The number of anilines is 3. The van der Waals surface area contributed by atoms with E-state index in [1.54, 1.807) is 12.4 Å². The first kappa shape index (κ1) is 18.1. The Morgan fingerprint density at radius 2 is 1.42 bits per heavy atom. The summed E-state index contributed by atoms with van der Waals surface area (Å²) in [6, 6.07) is 9.99. The van der Waals surface area contributed by atoms with Crippen LogP contribution in [0.3, 0.4) is 0 Å². The van der Waals surface area contributed by atoms with Gasteiger partial charge in [-0.2, -0.15) is 4.98 Å². The molecule has 0 radical (unpaired) electrons. The molecule has 0 aliphatic carbocycles. The van der Waals surface area contributed by atoms with Gasteiger partial charge in [-0.05, 0) is 18.2 Å². The number of hydrogen-bond donors (Lipinski definition) is 0. The van der Waals surface area contributed by atoms with E-state index in [1.807, 2.05) is 43.3 Å². The van der Waals surface area contributed by atoms with Gasteiger partial charge in [-0.3, -0.25) is 0 Å². The zero-order valence-corrected chi connectivity index (χ0v) is 15.7. The second kappa shape index (κ2) is 7.70. The quantitative estimate of drug-likeness (QED) is 0.699. The van der Waals surface area contributed by atoms with E-state index < -0.39 is 0 Å². The van der Waals surface area contributed by atoms with Crippen LogP contribution in [0.2, 0.25) is 0 Å². The molecular weight excluding hydrogens is 350 g/mol. The predicted octanol–water partition coefficient (Wildman–Crippen LogP) is 2.23. The molecular formula is C18H22ClN7. The molecule has 3 aromatic rings. The molecule has 0 unspecified atom stereocenters. The van der Waals surface area contributed by atoms with E-state index >= 15 is 0 Å². The van der Waals surface area contributed by atoms with Crippen molar-refractivity contribution in [3.8, 4) is 0 Å². The number of piperazine rings is 1. The van der Waals surface area contributed by atoms with Crippen molar-refractivity contribution < 1.29 is 0 Å². The van der Waals surface area contributed by atoms with Crippen molar-refractivity contribution in [1.29, 1.82) is 0 Å². The first-order valence-corrected chi connectivity index (χ1v) is 8.43. The maximum Gasteiger partial charge on any atom is 0.228 e. The van der Waals surface area contributed by atoms with Crippen LogP contribution in [-0.2, 0) is 0 Å². The summed E-state index contributed by atoms with van der Waals surface area (Å²) >= 11 is 0. The summed E-state index contributed by atoms with van der Waals surface area (Å²) in [6.07, 6.45) is 3.56. The number of aromatic nitrogens is 4. The molecule has 0 bridgehead atoms. The fraction of sp³-hybridized carbons (Fsp3) is 0.333. The van der Waals surface area contributed by atoms with Crippen molar-refractivity contribution in [2.45, 2.75) is 0 Å². The molecule has 1 aliphatic heterocycles. The van der Waals surface area contributed by atoms with Gasteiger partial charge < -0.3 is 14.7 Å². The Balaban J connectivity index is 0.00000196. The second-order valence-electron chi connectivity index (χ2n) is 6.28. The highest BCUT2D eigenvalue weighted by Crippen LogP contribution is 2.25. The fourth-order valence-electron chi connectivity index (χ4n) is 3.09. The number of halogens is 1. The number of rotatable bonds is 3. The Morgan fingerprint density at radius 3 is 2.08 bits per heavy atom. The lowest BCUT2D eigenvalue weighted by Gasteiger charge is -2.35. The summed E-state index contributed by atoms with van der Waals surface area (Å²) in [5.74, 6) is 2.53. The summed E-state index contributed by atoms with van der Waals surface area (Å²) < 4.78 is 0. The SMILES string of the molecule is CN(C)c1nc(N2CCN(c3ncccn3)CC2)nc2ccccc12.Cl. The van der Waals surface area contributed by atoms with E-state index in [2.05, 4.69) is 25.8 Å². The van der Waals surface area contributed by atoms with Gasteiger partial charge >= 0.3 is 0 Å². The first-order chi connectivity index (χ1) is 12.2. The Labute approximate surface area is 159 Å². The smallest absolute Gasteiger partial charge is 0.228 e. The minimum absolute atomic E-state index is 0. The number of benzene rings is 1. The van der Waals surface area contributed by atoms with E-state index in [0.29, 0.717) is 0 Å². The van der Waals surface area contributed by atoms with Gasteiger partial charge in [0, 0.05) is 58.1 Å². The zero-order chi connectivity index (χ0) is 17.2. The van der Waals surface area contributed by atoms with Gasteiger partial charge in [0.05, 0.1) is 5.52 Å². The van der Waals surface area contributed by atoms with Gasteiger partial charge in [0.15, 0.2) is 0 Å². The maximum absolute atomic E-state index is 4.81. The molecule has 2 aromatic heterocycles. The topological polar surface area (TPSA) is 61.3 Å². The standard InChI is InChI=1S/C18H21N7.ClH/c1-23(2)16-14-6-3-4-7-15(14)21-18(22-16)25-12-10-24(11-13-25)17-19-8-5-9-20-17;/h3-9H,10-13H2,1-2H3;1H. The molecule has 4 rings (SSSR count). The molecule has 0 saturated carbocycles. The lowest BCUT2D eigenvalue weighted by Crippen LogP contribution is -2.47. The summed E-state index contributed by atoms with van der Waals surface area (Å²) in [4.78, 5) is 24.7. The molecule has 3 heterocycles. The normalized spacial score (nSPS) is 14.2. The number of para-hydroxylation sites is 1. The van der Waals surface area contributed by atoms with Crippen molar-refractivity contribution in [2.75, 3.05) is 55.0 Å². The fourth-order valence-corrected chi connectivity index (χ4v) is 3.09. The van der Waals surface area contributed by atoms with Gasteiger partial charge in [-0.15, -0.1) is 12.4 Å². The van der Waals surface area contributed by atoms with E-state index in [-0.39, 0.29) is 12.4 Å². The molecule has 26 heavy (non-hydrogen) atoms. The molecule has 1 aromatic carbocycles. The summed E-state index contributed by atoms with van der Waals surface area (Å²) in [5, 5.41) is 1.08. The van der Waals surface area contributed by atoms with Gasteiger partial charge in [0.25, 0.3) is 0 Å². The highest BCUT2D eigenvalue weighted by molar-refractivity contribution is 5.90. The van der Waals surface area contributed by atoms with Crippen LogP contribution in [0.15, 0.2) is 42.7 Å². The first-order valence-electron chi connectivity index (χ1n) is 8.43. The molecule has 1 fully saturated rings. The number of hydrogen-bond acceptors (Lipinski definition) is 7. The monoisotopic (exact) mass is 371 g/mol. The van der Waals surface area contributed by atoms with Gasteiger partial charge in [-0.1, -0.05) is 12.1 Å². The van der Waals surface area contributed by atoms with Crippen LogP contribution in [0.1, 0.15) is 0 Å². The third-order valence-electron chi connectivity index (χ3n) is 4.39. The van der Waals surface area contributed by atoms with Crippen LogP contribution in [0.5, 0.6) is 0 Å². The Hall–Kier alpha value is -2.67. The number of nitrogens with zero attached hydrogens (tertiary/aromatic N) is 7. The van der Waals surface area contributed by atoms with E-state index in [4.69, 9.17) is 9.97 Å². The van der Waals surface area contributed by atoms with Crippen molar-refractivity contribution in [1.82, 2.24) is 19.9 Å². The van der Waals surface area contributed by atoms with Crippen LogP contribution < -0.4 is 14.7 Å². The highest BCUT2D eigenvalue weighted by Gasteiger charge is 2.22. The average molecular weight is 372 g/mol. The Morgan fingerprint density at radius 1 is 0.808 bits per heavy atom. The summed E-state index contributed by atoms with van der Waals surface area (Å²) in [7, 11) is 4.03. The molecule has 7 nitrogen and oxygen atoms in total.